The number of halogens is 1. The number of nitrogens with zero attached hydrogens (tertiary/aromatic N) is 1. The van der Waals surface area contributed by atoms with Crippen LogP contribution in [0.2, 0.25) is 0 Å². The first kappa shape index (κ1) is 11.9. The van der Waals surface area contributed by atoms with Gasteiger partial charge in [-0.05, 0) is 17.7 Å². The molecule has 0 bridgehead atoms. The molecule has 0 aliphatic carbocycles. The molecule has 0 saturated carbocycles. The van der Waals surface area contributed by atoms with Crippen LogP contribution in [-0.2, 0) is 5.75 Å². The van der Waals surface area contributed by atoms with E-state index in [0.29, 0.717) is 0 Å². The first-order valence-electron chi connectivity index (χ1n) is 5.49. The van der Waals surface area contributed by atoms with E-state index in [0.717, 1.165) is 15.4 Å². The normalized spacial score (nSPS) is 24.9. The fourth-order valence-electron chi connectivity index (χ4n) is 1.81. The van der Waals surface area contributed by atoms with E-state index in [9.17, 15) is 4.79 Å². The van der Waals surface area contributed by atoms with E-state index in [1.54, 1.807) is 11.8 Å². The van der Waals surface area contributed by atoms with E-state index in [2.05, 4.69) is 49.0 Å². The van der Waals surface area contributed by atoms with Crippen LogP contribution in [0.15, 0.2) is 33.7 Å². The molecule has 2 heterocycles. The lowest BCUT2D eigenvalue weighted by Crippen LogP contribution is -2.41. The van der Waals surface area contributed by atoms with Crippen molar-refractivity contribution in [2.45, 2.75) is 18.1 Å². The molecule has 94 valence electrons. The van der Waals surface area contributed by atoms with Crippen molar-refractivity contribution in [3.8, 4) is 0 Å². The number of carbonyl (C=O) groups is 1. The van der Waals surface area contributed by atoms with Gasteiger partial charge in [0.1, 0.15) is 6.17 Å². The van der Waals surface area contributed by atoms with Gasteiger partial charge < -0.3 is 16.0 Å². The van der Waals surface area contributed by atoms with Crippen LogP contribution in [0.4, 0.5) is 4.79 Å². The van der Waals surface area contributed by atoms with E-state index in [1.807, 2.05) is 12.1 Å². The predicted molar refractivity (Wildman–Crippen MR) is 75.3 cm³/mol. The predicted octanol–water partition coefficient (Wildman–Crippen LogP) is 1.61. The Morgan fingerprint density at radius 2 is 2.00 bits per heavy atom. The fourth-order valence-corrected chi connectivity index (χ4v) is 2.97. The lowest BCUT2D eigenvalue weighted by atomic mass is 10.2. The number of amidine groups is 1. The number of aliphatic imine (C=N–C) groups is 1. The van der Waals surface area contributed by atoms with Gasteiger partial charge in [-0.3, -0.25) is 0 Å². The summed E-state index contributed by atoms with van der Waals surface area (Å²) < 4.78 is 1.08. The Balaban J connectivity index is 1.57. The third-order valence-corrected chi connectivity index (χ3v) is 4.21. The molecule has 0 aromatic heterocycles. The minimum atomic E-state index is -0.176. The van der Waals surface area contributed by atoms with Crippen LogP contribution in [0, 0.1) is 0 Å². The molecule has 3 rings (SSSR count). The van der Waals surface area contributed by atoms with Crippen LogP contribution in [0.5, 0.6) is 0 Å². The molecule has 3 N–H and O–H groups in total. The van der Waals surface area contributed by atoms with Gasteiger partial charge >= 0.3 is 6.03 Å². The second-order valence-electron chi connectivity index (χ2n) is 4.03. The number of thioether (sulfide) groups is 1. The highest BCUT2D eigenvalue weighted by Gasteiger charge is 2.36. The molecule has 2 atom stereocenters. The van der Waals surface area contributed by atoms with Crippen LogP contribution in [-0.4, -0.2) is 23.5 Å². The summed E-state index contributed by atoms with van der Waals surface area (Å²) in [6.07, 6.45) is -0.283. The van der Waals surface area contributed by atoms with Gasteiger partial charge in [0.15, 0.2) is 11.3 Å². The van der Waals surface area contributed by atoms with Crippen molar-refractivity contribution in [2.24, 2.45) is 4.99 Å². The van der Waals surface area contributed by atoms with Crippen molar-refractivity contribution >= 4 is 38.9 Å². The maximum atomic E-state index is 11.0. The molecule has 0 radical (unpaired) electrons. The van der Waals surface area contributed by atoms with E-state index in [1.165, 1.54) is 5.56 Å². The van der Waals surface area contributed by atoms with E-state index in [-0.39, 0.29) is 18.4 Å². The number of benzene rings is 1. The maximum absolute atomic E-state index is 11.0. The smallest absolute Gasteiger partial charge is 0.318 e. The standard InChI is InChI=1S/C11H11BrN4OS/c12-7-3-1-6(2-4-7)5-18-11-15-8-9(16-11)14-10(17)13-8/h1-4,8-9H,5H2,(H,15,16)(H2,13,14,17). The lowest BCUT2D eigenvalue weighted by molar-refractivity contribution is 0.246. The number of amides is 2. The lowest BCUT2D eigenvalue weighted by Gasteiger charge is -2.08. The summed E-state index contributed by atoms with van der Waals surface area (Å²) in [6, 6.07) is 8.03. The molecule has 7 heteroatoms. The Kier molecular flexibility index (Phi) is 3.17. The number of urea groups is 1. The maximum Gasteiger partial charge on any atom is 0.318 e. The van der Waals surface area contributed by atoms with Crippen molar-refractivity contribution in [3.63, 3.8) is 0 Å². The van der Waals surface area contributed by atoms with Crippen molar-refractivity contribution in [2.75, 3.05) is 0 Å². The number of fused-ring (bicyclic) bond motifs is 1. The number of hydrogen-bond acceptors (Lipinski definition) is 4. The molecular formula is C11H11BrN4OS. The van der Waals surface area contributed by atoms with Crippen molar-refractivity contribution < 1.29 is 4.79 Å². The zero-order valence-electron chi connectivity index (χ0n) is 9.31. The Bertz CT molecular complexity index is 504. The second kappa shape index (κ2) is 4.81. The number of nitrogens with one attached hydrogen (secondary N) is 3. The average molecular weight is 327 g/mol. The minimum absolute atomic E-state index is 0.107. The van der Waals surface area contributed by atoms with Crippen LogP contribution in [0.1, 0.15) is 5.56 Å². The van der Waals surface area contributed by atoms with Gasteiger partial charge in [0.05, 0.1) is 0 Å². The van der Waals surface area contributed by atoms with Crippen molar-refractivity contribution in [1.29, 1.82) is 0 Å². The van der Waals surface area contributed by atoms with E-state index < -0.39 is 0 Å². The van der Waals surface area contributed by atoms with Crippen molar-refractivity contribution in [1.82, 2.24) is 16.0 Å². The SMILES string of the molecule is O=C1NC2N=C(SCc3ccc(Br)cc3)NC2N1. The molecule has 2 amide bonds. The van der Waals surface area contributed by atoms with Gasteiger partial charge in [-0.15, -0.1) is 0 Å². The number of carbonyl (C=O) groups excluding carboxylic acids is 1. The molecule has 0 spiro atoms. The zero-order chi connectivity index (χ0) is 12.5. The summed E-state index contributed by atoms with van der Waals surface area (Å²) in [7, 11) is 0. The van der Waals surface area contributed by atoms with Gasteiger partial charge in [-0.25, -0.2) is 9.79 Å². The Hall–Kier alpha value is -1.21. The fraction of sp³-hybridized carbons (Fsp3) is 0.273. The molecule has 18 heavy (non-hydrogen) atoms. The second-order valence-corrected chi connectivity index (χ2v) is 5.91. The Labute approximate surface area is 117 Å². The molecule has 2 aliphatic heterocycles. The van der Waals surface area contributed by atoms with Gasteiger partial charge in [0, 0.05) is 10.2 Å². The van der Waals surface area contributed by atoms with Gasteiger partial charge in [-0.2, -0.15) is 0 Å². The quantitative estimate of drug-likeness (QED) is 0.773. The number of hydrogen-bond donors (Lipinski definition) is 3. The summed E-state index contributed by atoms with van der Waals surface area (Å²) in [5, 5.41) is 9.52. The summed E-state index contributed by atoms with van der Waals surface area (Å²) >= 11 is 5.04. The zero-order valence-corrected chi connectivity index (χ0v) is 11.7. The third-order valence-electron chi connectivity index (χ3n) is 2.71. The average Bonchev–Trinajstić information content (AvgIpc) is 2.85. The monoisotopic (exact) mass is 326 g/mol. The molecule has 1 aromatic rings. The van der Waals surface area contributed by atoms with Gasteiger partial charge in [-0.1, -0.05) is 39.8 Å². The summed E-state index contributed by atoms with van der Waals surface area (Å²) in [4.78, 5) is 15.4. The van der Waals surface area contributed by atoms with E-state index >= 15 is 0 Å². The highest BCUT2D eigenvalue weighted by Crippen LogP contribution is 2.20. The largest absolute Gasteiger partial charge is 0.341 e. The molecule has 2 unspecified atom stereocenters. The molecule has 2 aliphatic rings. The number of rotatable bonds is 2. The minimum Gasteiger partial charge on any atom is -0.341 e. The summed E-state index contributed by atoms with van der Waals surface area (Å²) in [6.45, 7) is 0. The van der Waals surface area contributed by atoms with Crippen LogP contribution >= 0.6 is 27.7 Å². The highest BCUT2D eigenvalue weighted by atomic mass is 79.9. The third kappa shape index (κ3) is 2.46. The Morgan fingerprint density at radius 3 is 2.72 bits per heavy atom. The molecule has 1 aromatic carbocycles. The molecule has 1 saturated heterocycles. The van der Waals surface area contributed by atoms with Crippen molar-refractivity contribution in [3.05, 3.63) is 34.3 Å². The summed E-state index contributed by atoms with van der Waals surface area (Å²) in [5.41, 5.74) is 1.24. The van der Waals surface area contributed by atoms with Gasteiger partial charge in [0.2, 0.25) is 0 Å². The van der Waals surface area contributed by atoms with Gasteiger partial charge in [0.25, 0.3) is 0 Å². The molecule has 1 fully saturated rings. The first-order chi connectivity index (χ1) is 8.70. The molecular weight excluding hydrogens is 316 g/mol. The van der Waals surface area contributed by atoms with Crippen LogP contribution in [0.3, 0.4) is 0 Å². The molecule has 5 nitrogen and oxygen atoms in total. The summed E-state index contributed by atoms with van der Waals surface area (Å²) in [5.74, 6) is 0.854. The van der Waals surface area contributed by atoms with E-state index in [4.69, 9.17) is 0 Å². The topological polar surface area (TPSA) is 65.5 Å². The first-order valence-corrected chi connectivity index (χ1v) is 7.27. The highest BCUT2D eigenvalue weighted by molar-refractivity contribution is 9.10. The van der Waals surface area contributed by atoms with Crippen LogP contribution in [0.25, 0.3) is 0 Å². The van der Waals surface area contributed by atoms with Crippen LogP contribution < -0.4 is 16.0 Å². The Morgan fingerprint density at radius 1 is 1.22 bits per heavy atom.